The minimum Gasteiger partial charge on any atom is -0.497 e. The number of aryl methyl sites for hydroxylation is 1. The van der Waals surface area contributed by atoms with Gasteiger partial charge in [-0.1, -0.05) is 6.07 Å². The highest BCUT2D eigenvalue weighted by molar-refractivity contribution is 7.71. The first-order valence-corrected chi connectivity index (χ1v) is 8.00. The van der Waals surface area contributed by atoms with Crippen molar-refractivity contribution in [3.05, 3.63) is 52.9 Å². The van der Waals surface area contributed by atoms with E-state index >= 15 is 0 Å². The predicted molar refractivity (Wildman–Crippen MR) is 97.0 cm³/mol. The van der Waals surface area contributed by atoms with Gasteiger partial charge in [0.15, 0.2) is 10.6 Å². The topological polar surface area (TPSA) is 84.8 Å². The molecule has 7 nitrogen and oxygen atoms in total. The van der Waals surface area contributed by atoms with Gasteiger partial charge < -0.3 is 10.1 Å². The van der Waals surface area contributed by atoms with Gasteiger partial charge in [0, 0.05) is 11.8 Å². The van der Waals surface area contributed by atoms with Crippen LogP contribution in [0.5, 0.6) is 5.75 Å². The molecule has 8 heteroatoms. The Morgan fingerprint density at radius 3 is 2.68 bits per heavy atom. The van der Waals surface area contributed by atoms with Crippen molar-refractivity contribution in [2.24, 2.45) is 0 Å². The van der Waals surface area contributed by atoms with E-state index in [0.717, 1.165) is 16.9 Å². The number of H-pyrrole nitrogens is 1. The maximum absolute atomic E-state index is 12.3. The van der Waals surface area contributed by atoms with Crippen molar-refractivity contribution in [3.8, 4) is 17.1 Å². The Labute approximate surface area is 149 Å². The van der Waals surface area contributed by atoms with E-state index in [1.165, 1.54) is 0 Å². The second-order valence-electron chi connectivity index (χ2n) is 5.44. The molecule has 0 aliphatic carbocycles. The summed E-state index contributed by atoms with van der Waals surface area (Å²) >= 11 is 5.25. The van der Waals surface area contributed by atoms with Crippen LogP contribution >= 0.6 is 12.2 Å². The van der Waals surface area contributed by atoms with E-state index in [1.54, 1.807) is 23.9 Å². The molecule has 0 atom stereocenters. The molecule has 25 heavy (non-hydrogen) atoms. The van der Waals surface area contributed by atoms with Crippen molar-refractivity contribution in [3.63, 3.8) is 0 Å². The summed E-state index contributed by atoms with van der Waals surface area (Å²) in [4.78, 5) is 16.5. The summed E-state index contributed by atoms with van der Waals surface area (Å²) < 4.78 is 7.17. The standard InChI is InChI=1S/C17H17N5O2S/c1-11-3-8-14(18-9-11)19-15(23)10-22-16(20-21-17(22)25)12-4-6-13(24-2)7-5-12/h3-9H,10H2,1-2H3,(H,21,25)(H,18,19,23). The summed E-state index contributed by atoms with van der Waals surface area (Å²) in [5.41, 5.74) is 1.85. The molecule has 0 bridgehead atoms. The Bertz CT molecular complexity index is 929. The molecule has 0 spiro atoms. The lowest BCUT2D eigenvalue weighted by Gasteiger charge is -2.08. The highest BCUT2D eigenvalue weighted by Gasteiger charge is 2.13. The normalized spacial score (nSPS) is 10.5. The lowest BCUT2D eigenvalue weighted by molar-refractivity contribution is -0.116. The maximum Gasteiger partial charge on any atom is 0.245 e. The molecule has 2 N–H and O–H groups in total. The van der Waals surface area contributed by atoms with Crippen molar-refractivity contribution in [1.82, 2.24) is 19.7 Å². The van der Waals surface area contributed by atoms with Gasteiger partial charge in [-0.2, -0.15) is 5.10 Å². The zero-order valence-electron chi connectivity index (χ0n) is 13.8. The predicted octanol–water partition coefficient (Wildman–Crippen LogP) is 2.96. The second-order valence-corrected chi connectivity index (χ2v) is 5.82. The third-order valence-electron chi connectivity index (χ3n) is 3.59. The number of carbonyl (C=O) groups is 1. The maximum atomic E-state index is 12.3. The SMILES string of the molecule is COc1ccc(-c2n[nH]c(=S)n2CC(=O)Nc2ccc(C)cn2)cc1. The first-order valence-electron chi connectivity index (χ1n) is 7.59. The minimum absolute atomic E-state index is 0.0340. The molecule has 0 aliphatic heterocycles. The van der Waals surface area contributed by atoms with E-state index in [-0.39, 0.29) is 12.5 Å². The first kappa shape index (κ1) is 16.8. The summed E-state index contributed by atoms with van der Waals surface area (Å²) in [7, 11) is 1.61. The van der Waals surface area contributed by atoms with Crippen molar-refractivity contribution in [2.45, 2.75) is 13.5 Å². The zero-order chi connectivity index (χ0) is 17.8. The van der Waals surface area contributed by atoms with Gasteiger partial charge in [-0.05, 0) is 55.0 Å². The Hall–Kier alpha value is -3.00. The molecule has 1 amide bonds. The number of nitrogens with zero attached hydrogens (tertiary/aromatic N) is 3. The third kappa shape index (κ3) is 3.92. The van der Waals surface area contributed by atoms with Crippen molar-refractivity contribution in [2.75, 3.05) is 12.4 Å². The highest BCUT2D eigenvalue weighted by atomic mass is 32.1. The molecule has 2 aromatic heterocycles. The van der Waals surface area contributed by atoms with E-state index in [0.29, 0.717) is 16.4 Å². The molecule has 3 rings (SSSR count). The molecule has 0 radical (unpaired) electrons. The molecule has 0 fully saturated rings. The second kappa shape index (κ2) is 7.27. The lowest BCUT2D eigenvalue weighted by Crippen LogP contribution is -2.20. The van der Waals surface area contributed by atoms with Crippen LogP contribution in [-0.4, -0.2) is 32.8 Å². The van der Waals surface area contributed by atoms with Crippen LogP contribution in [0.25, 0.3) is 11.4 Å². The van der Waals surface area contributed by atoms with E-state index < -0.39 is 0 Å². The van der Waals surface area contributed by atoms with Gasteiger partial charge in [0.2, 0.25) is 5.91 Å². The number of rotatable bonds is 5. The Balaban J connectivity index is 1.80. The Morgan fingerprint density at radius 2 is 2.04 bits per heavy atom. The fourth-order valence-electron chi connectivity index (χ4n) is 2.29. The van der Waals surface area contributed by atoms with Crippen LogP contribution in [0.15, 0.2) is 42.6 Å². The molecule has 0 aliphatic rings. The van der Waals surface area contributed by atoms with Gasteiger partial charge >= 0.3 is 0 Å². The Morgan fingerprint density at radius 1 is 1.28 bits per heavy atom. The van der Waals surface area contributed by atoms with E-state index in [2.05, 4.69) is 20.5 Å². The Kier molecular flexibility index (Phi) is 4.90. The largest absolute Gasteiger partial charge is 0.497 e. The molecule has 3 aromatic rings. The number of amides is 1. The first-order chi connectivity index (χ1) is 12.1. The van der Waals surface area contributed by atoms with Gasteiger partial charge in [-0.15, -0.1) is 0 Å². The number of nitrogens with one attached hydrogen (secondary N) is 2. The molecule has 128 valence electrons. The molecular weight excluding hydrogens is 338 g/mol. The van der Waals surface area contributed by atoms with Gasteiger partial charge in [0.05, 0.1) is 7.11 Å². The molecule has 0 saturated carbocycles. The van der Waals surface area contributed by atoms with Crippen LogP contribution in [0, 0.1) is 11.7 Å². The van der Waals surface area contributed by atoms with Crippen LogP contribution in [0.2, 0.25) is 0 Å². The number of pyridine rings is 1. The fraction of sp³-hybridized carbons (Fsp3) is 0.176. The van der Waals surface area contributed by atoms with Crippen molar-refractivity contribution in [1.29, 1.82) is 0 Å². The summed E-state index contributed by atoms with van der Waals surface area (Å²) in [6.07, 6.45) is 1.70. The number of aromatic nitrogens is 4. The fourth-order valence-corrected chi connectivity index (χ4v) is 2.49. The number of carbonyl (C=O) groups excluding carboxylic acids is 1. The number of hydrogen-bond donors (Lipinski definition) is 2. The molecular formula is C17H17N5O2S. The molecule has 1 aromatic carbocycles. The van der Waals surface area contributed by atoms with Crippen molar-refractivity contribution < 1.29 is 9.53 Å². The van der Waals surface area contributed by atoms with Crippen molar-refractivity contribution >= 4 is 23.9 Å². The van der Waals surface area contributed by atoms with Crippen LogP contribution in [0.1, 0.15) is 5.56 Å². The van der Waals surface area contributed by atoms with E-state index in [1.807, 2.05) is 37.3 Å². The molecule has 0 saturated heterocycles. The summed E-state index contributed by atoms with van der Waals surface area (Å²) in [6.45, 7) is 1.97. The monoisotopic (exact) mass is 355 g/mol. The van der Waals surface area contributed by atoms with Gasteiger partial charge in [-0.3, -0.25) is 14.5 Å². The average Bonchev–Trinajstić information content (AvgIpc) is 2.98. The number of methoxy groups -OCH3 is 1. The highest BCUT2D eigenvalue weighted by Crippen LogP contribution is 2.21. The number of aromatic amines is 1. The zero-order valence-corrected chi connectivity index (χ0v) is 14.6. The van der Waals surface area contributed by atoms with Gasteiger partial charge in [0.1, 0.15) is 18.1 Å². The quantitative estimate of drug-likeness (QED) is 0.687. The van der Waals surface area contributed by atoms with Crippen LogP contribution in [0.4, 0.5) is 5.82 Å². The van der Waals surface area contributed by atoms with Crippen LogP contribution in [-0.2, 0) is 11.3 Å². The van der Waals surface area contributed by atoms with Crippen LogP contribution in [0.3, 0.4) is 0 Å². The van der Waals surface area contributed by atoms with Crippen LogP contribution < -0.4 is 10.1 Å². The summed E-state index contributed by atoms with van der Waals surface area (Å²) in [6, 6.07) is 11.0. The summed E-state index contributed by atoms with van der Waals surface area (Å²) in [5.74, 6) is 1.59. The average molecular weight is 355 g/mol. The molecule has 0 unspecified atom stereocenters. The van der Waals surface area contributed by atoms with Gasteiger partial charge in [-0.25, -0.2) is 4.98 Å². The number of ether oxygens (including phenoxy) is 1. The lowest BCUT2D eigenvalue weighted by atomic mass is 10.2. The van der Waals surface area contributed by atoms with E-state index in [9.17, 15) is 4.79 Å². The number of anilines is 1. The summed E-state index contributed by atoms with van der Waals surface area (Å²) in [5, 5.41) is 9.71. The number of benzene rings is 1. The van der Waals surface area contributed by atoms with Gasteiger partial charge in [0.25, 0.3) is 0 Å². The minimum atomic E-state index is -0.233. The number of hydrogen-bond acceptors (Lipinski definition) is 5. The smallest absolute Gasteiger partial charge is 0.245 e. The van der Waals surface area contributed by atoms with E-state index in [4.69, 9.17) is 17.0 Å². The third-order valence-corrected chi connectivity index (χ3v) is 3.90. The molecule has 2 heterocycles.